The van der Waals surface area contributed by atoms with Crippen molar-refractivity contribution in [2.24, 2.45) is 27.8 Å². The second-order valence-electron chi connectivity index (χ2n) is 10.3. The Morgan fingerprint density at radius 1 is 1.07 bits per heavy atom. The summed E-state index contributed by atoms with van der Waals surface area (Å²) < 4.78 is 5.17. The highest BCUT2D eigenvalue weighted by atomic mass is 16.4. The molecule has 156 valence electrons. The molecule has 6 atom stereocenters. The molecule has 0 aliphatic heterocycles. The van der Waals surface area contributed by atoms with E-state index < -0.39 is 5.60 Å². The summed E-state index contributed by atoms with van der Waals surface area (Å²) in [5.41, 5.74) is 2.13. The van der Waals surface area contributed by atoms with Crippen molar-refractivity contribution in [2.45, 2.75) is 76.7 Å². The lowest BCUT2D eigenvalue weighted by molar-refractivity contribution is -0.176. The molecule has 4 aliphatic rings. The van der Waals surface area contributed by atoms with Crippen LogP contribution in [0.2, 0.25) is 0 Å². The number of aliphatic hydroxyl groups is 1. The molecule has 0 spiro atoms. The molecule has 1 heterocycles. The van der Waals surface area contributed by atoms with Crippen LogP contribution < -0.4 is 5.63 Å². The van der Waals surface area contributed by atoms with Gasteiger partial charge in [0, 0.05) is 11.5 Å². The van der Waals surface area contributed by atoms with Crippen molar-refractivity contribution >= 4 is 5.71 Å². The van der Waals surface area contributed by atoms with Crippen LogP contribution in [0.5, 0.6) is 0 Å². The van der Waals surface area contributed by atoms with Crippen LogP contribution in [0, 0.1) is 22.7 Å². The number of fused-ring (bicyclic) bond motifs is 5. The summed E-state index contributed by atoms with van der Waals surface area (Å²) in [4.78, 5) is 11.4. The molecule has 2 unspecified atom stereocenters. The van der Waals surface area contributed by atoms with E-state index in [1.807, 2.05) is 6.07 Å². The average Bonchev–Trinajstić information content (AvgIpc) is 2.99. The van der Waals surface area contributed by atoms with Gasteiger partial charge in [-0.3, -0.25) is 0 Å². The number of allylic oxidation sites excluding steroid dienone is 2. The lowest BCUT2D eigenvalue weighted by Crippen LogP contribution is -2.60. The van der Waals surface area contributed by atoms with Gasteiger partial charge in [-0.25, -0.2) is 4.79 Å². The zero-order chi connectivity index (χ0) is 20.4. The van der Waals surface area contributed by atoms with Crippen LogP contribution in [0.3, 0.4) is 0 Å². The Labute approximate surface area is 171 Å². The molecular weight excluding hydrogens is 366 g/mol. The summed E-state index contributed by atoms with van der Waals surface area (Å²) in [7, 11) is 0. The quantitative estimate of drug-likeness (QED) is 0.534. The van der Waals surface area contributed by atoms with E-state index >= 15 is 0 Å². The summed E-state index contributed by atoms with van der Waals surface area (Å²) in [5, 5.41) is 24.9. The number of rotatable bonds is 1. The van der Waals surface area contributed by atoms with E-state index in [2.05, 4.69) is 25.1 Å². The van der Waals surface area contributed by atoms with E-state index in [0.717, 1.165) is 62.6 Å². The average molecular weight is 398 g/mol. The molecule has 3 fully saturated rings. The predicted octanol–water partition coefficient (Wildman–Crippen LogP) is 4.63. The SMILES string of the molecule is C[C@]12CC/C(=N\O)C=C1CCC1C2CC[C@]2(C)[C@@H](c3ccc(=O)oc3)CC[C@]12O. The summed E-state index contributed by atoms with van der Waals surface area (Å²) in [6, 6.07) is 3.39. The van der Waals surface area contributed by atoms with Crippen LogP contribution in [0.1, 0.15) is 76.7 Å². The van der Waals surface area contributed by atoms with Gasteiger partial charge in [0.25, 0.3) is 0 Å². The van der Waals surface area contributed by atoms with Gasteiger partial charge in [-0.05, 0) is 92.2 Å². The number of oxime groups is 1. The summed E-state index contributed by atoms with van der Waals surface area (Å²) in [5.74, 6) is 0.979. The minimum absolute atomic E-state index is 0.0891. The van der Waals surface area contributed by atoms with E-state index in [1.54, 1.807) is 6.26 Å². The molecule has 0 saturated heterocycles. The first-order chi connectivity index (χ1) is 13.8. The Kier molecular flexibility index (Phi) is 4.16. The minimum Gasteiger partial charge on any atom is -0.431 e. The van der Waals surface area contributed by atoms with Crippen molar-refractivity contribution < 1.29 is 14.7 Å². The monoisotopic (exact) mass is 397 g/mol. The van der Waals surface area contributed by atoms with Crippen LogP contribution in [-0.4, -0.2) is 21.6 Å². The Morgan fingerprint density at radius 2 is 1.90 bits per heavy atom. The summed E-state index contributed by atoms with van der Waals surface area (Å²) in [6.07, 6.45) is 11.3. The summed E-state index contributed by atoms with van der Waals surface area (Å²) >= 11 is 0. The normalized spacial score (nSPS) is 45.3. The van der Waals surface area contributed by atoms with Crippen molar-refractivity contribution in [3.8, 4) is 0 Å². The second kappa shape index (κ2) is 6.31. The molecule has 29 heavy (non-hydrogen) atoms. The van der Waals surface area contributed by atoms with Gasteiger partial charge in [0.1, 0.15) is 0 Å². The standard InChI is InChI=1S/C24H31NO4/c1-22-10-7-17(25-28)13-16(22)4-5-20-19(22)8-11-23(2)18(9-12-24(20,23)27)15-3-6-21(26)29-14-15/h3,6,13-14,18-20,27-28H,4-5,7-12H2,1-2H3/b25-17+/t18-,19?,20?,22+,23-,24+/m1/s1. The zero-order valence-corrected chi connectivity index (χ0v) is 17.4. The van der Waals surface area contributed by atoms with Crippen LogP contribution in [0.15, 0.2) is 44.4 Å². The Bertz CT molecular complexity index is 928. The Hall–Kier alpha value is -1.88. The van der Waals surface area contributed by atoms with Crippen molar-refractivity contribution in [3.05, 3.63) is 46.0 Å². The molecule has 5 nitrogen and oxygen atoms in total. The van der Waals surface area contributed by atoms with Crippen LogP contribution in [-0.2, 0) is 0 Å². The molecular formula is C24H31NO4. The van der Waals surface area contributed by atoms with Gasteiger partial charge >= 0.3 is 5.63 Å². The van der Waals surface area contributed by atoms with Gasteiger partial charge in [-0.1, -0.05) is 24.6 Å². The first kappa shape index (κ1) is 19.1. The topological polar surface area (TPSA) is 83.0 Å². The molecule has 1 aromatic heterocycles. The minimum atomic E-state index is -0.684. The molecule has 5 rings (SSSR count). The molecule has 0 radical (unpaired) electrons. The number of hydrogen-bond donors (Lipinski definition) is 2. The molecule has 0 amide bonds. The van der Waals surface area contributed by atoms with Gasteiger partial charge < -0.3 is 14.7 Å². The molecule has 0 bridgehead atoms. The first-order valence-electron chi connectivity index (χ1n) is 11.0. The molecule has 1 aromatic rings. The molecule has 3 saturated carbocycles. The van der Waals surface area contributed by atoms with E-state index in [1.165, 1.54) is 11.6 Å². The molecule has 2 N–H and O–H groups in total. The number of nitrogens with zero attached hydrogens (tertiary/aromatic N) is 1. The fourth-order valence-electron chi connectivity index (χ4n) is 7.72. The van der Waals surface area contributed by atoms with Crippen LogP contribution in [0.4, 0.5) is 0 Å². The molecule has 5 heteroatoms. The third-order valence-corrected chi connectivity index (χ3v) is 9.42. The van der Waals surface area contributed by atoms with E-state index in [4.69, 9.17) is 4.42 Å². The van der Waals surface area contributed by atoms with Gasteiger partial charge in [0.2, 0.25) is 0 Å². The van der Waals surface area contributed by atoms with Crippen LogP contribution in [0.25, 0.3) is 0 Å². The highest BCUT2D eigenvalue weighted by Crippen LogP contribution is 2.69. The van der Waals surface area contributed by atoms with E-state index in [-0.39, 0.29) is 28.3 Å². The fourth-order valence-corrected chi connectivity index (χ4v) is 7.72. The van der Waals surface area contributed by atoms with Gasteiger partial charge in [-0.15, -0.1) is 0 Å². The van der Waals surface area contributed by atoms with Crippen molar-refractivity contribution in [3.63, 3.8) is 0 Å². The third-order valence-electron chi connectivity index (χ3n) is 9.42. The van der Waals surface area contributed by atoms with Gasteiger partial charge in [0.15, 0.2) is 0 Å². The maximum atomic E-state index is 12.2. The lowest BCUT2D eigenvalue weighted by Gasteiger charge is -2.61. The maximum Gasteiger partial charge on any atom is 0.335 e. The zero-order valence-electron chi connectivity index (χ0n) is 17.4. The highest BCUT2D eigenvalue weighted by Gasteiger charge is 2.66. The first-order valence-corrected chi connectivity index (χ1v) is 11.0. The predicted molar refractivity (Wildman–Crippen MR) is 110 cm³/mol. The van der Waals surface area contributed by atoms with Crippen molar-refractivity contribution in [1.29, 1.82) is 0 Å². The van der Waals surface area contributed by atoms with E-state index in [9.17, 15) is 15.1 Å². The summed E-state index contributed by atoms with van der Waals surface area (Å²) in [6.45, 7) is 4.63. The van der Waals surface area contributed by atoms with Gasteiger partial charge in [-0.2, -0.15) is 0 Å². The molecule has 4 aliphatic carbocycles. The van der Waals surface area contributed by atoms with Crippen LogP contribution >= 0.6 is 0 Å². The maximum absolute atomic E-state index is 12.2. The lowest BCUT2D eigenvalue weighted by atomic mass is 9.45. The fraction of sp³-hybridized carbons (Fsp3) is 0.667. The van der Waals surface area contributed by atoms with Crippen molar-refractivity contribution in [2.75, 3.05) is 0 Å². The van der Waals surface area contributed by atoms with Gasteiger partial charge in [0.05, 0.1) is 17.6 Å². The Balaban J connectivity index is 1.51. The Morgan fingerprint density at radius 3 is 2.62 bits per heavy atom. The highest BCUT2D eigenvalue weighted by molar-refractivity contribution is 5.96. The second-order valence-corrected chi connectivity index (χ2v) is 10.3. The van der Waals surface area contributed by atoms with Crippen molar-refractivity contribution in [1.82, 2.24) is 0 Å². The largest absolute Gasteiger partial charge is 0.431 e. The number of hydrogen-bond acceptors (Lipinski definition) is 5. The molecule has 0 aromatic carbocycles. The van der Waals surface area contributed by atoms with E-state index in [0.29, 0.717) is 5.92 Å². The smallest absolute Gasteiger partial charge is 0.335 e. The third kappa shape index (κ3) is 2.49.